The largest absolute Gasteiger partial charge is 0.480 e. The van der Waals surface area contributed by atoms with Gasteiger partial charge >= 0.3 is 5.97 Å². The maximum absolute atomic E-state index is 14.3. The van der Waals surface area contributed by atoms with Crippen molar-refractivity contribution in [3.8, 4) is 0 Å². The van der Waals surface area contributed by atoms with E-state index in [9.17, 15) is 53.1 Å². The molecule has 2 saturated heterocycles. The molecule has 0 bridgehead atoms. The van der Waals surface area contributed by atoms with E-state index in [-0.39, 0.29) is 101 Å². The molecule has 0 spiro atoms. The number of hydrogen-bond donors (Lipinski definition) is 16. The molecule has 8 atom stereocenters. The van der Waals surface area contributed by atoms with Crippen LogP contribution >= 0.6 is 0 Å². The Labute approximate surface area is 431 Å². The van der Waals surface area contributed by atoms with Crippen molar-refractivity contribution in [1.29, 1.82) is 0 Å². The molecule has 418 valence electrons. The molecule has 9 amide bonds. The molecule has 2 heterocycles. The topological polar surface area (TPSA) is 497 Å². The van der Waals surface area contributed by atoms with E-state index in [1.807, 2.05) is 0 Å². The van der Waals surface area contributed by atoms with Gasteiger partial charge in [-0.3, -0.25) is 53.1 Å². The fourth-order valence-electron chi connectivity index (χ4n) is 8.27. The van der Waals surface area contributed by atoms with Crippen molar-refractivity contribution in [2.24, 2.45) is 56.0 Å². The second-order valence-corrected chi connectivity index (χ2v) is 18.6. The third kappa shape index (κ3) is 23.3. The van der Waals surface area contributed by atoms with Gasteiger partial charge < -0.3 is 92.7 Å². The summed E-state index contributed by atoms with van der Waals surface area (Å²) in [5.41, 5.74) is 38.7. The lowest BCUT2D eigenvalue weighted by Crippen LogP contribution is -2.59. The second-order valence-electron chi connectivity index (χ2n) is 18.6. The Kier molecular flexibility index (Phi) is 28.9. The number of aliphatic carboxylic acids is 1. The van der Waals surface area contributed by atoms with Gasteiger partial charge in [0.1, 0.15) is 42.3 Å². The first-order valence-electron chi connectivity index (χ1n) is 25.2. The highest BCUT2D eigenvalue weighted by atomic mass is 16.4. The van der Waals surface area contributed by atoms with Crippen molar-refractivity contribution in [3.63, 3.8) is 0 Å². The number of primary amides is 1. The van der Waals surface area contributed by atoms with Crippen LogP contribution in [0.25, 0.3) is 0 Å². The predicted octanol–water partition coefficient (Wildman–Crippen LogP) is -6.26. The van der Waals surface area contributed by atoms with E-state index in [0.717, 1.165) is 6.42 Å². The van der Waals surface area contributed by atoms with Crippen molar-refractivity contribution >= 4 is 71.1 Å². The lowest BCUT2D eigenvalue weighted by Gasteiger charge is -2.30. The number of nitrogens with one attached hydrogen (secondary N) is 8. The number of hydrogen-bond acceptors (Lipinski definition) is 15. The summed E-state index contributed by atoms with van der Waals surface area (Å²) < 4.78 is 0. The quantitative estimate of drug-likeness (QED) is 0.0159. The van der Waals surface area contributed by atoms with Crippen molar-refractivity contribution in [1.82, 2.24) is 47.4 Å². The molecule has 0 aromatic heterocycles. The summed E-state index contributed by atoms with van der Waals surface area (Å²) in [4.78, 5) is 142. The smallest absolute Gasteiger partial charge is 0.326 e. The number of guanidine groups is 2. The van der Waals surface area contributed by atoms with E-state index in [1.165, 1.54) is 4.90 Å². The van der Waals surface area contributed by atoms with Gasteiger partial charge in [-0.1, -0.05) is 13.8 Å². The molecule has 2 fully saturated rings. The minimum atomic E-state index is -1.66. The zero-order valence-electron chi connectivity index (χ0n) is 42.7. The summed E-state index contributed by atoms with van der Waals surface area (Å²) in [6.45, 7) is 4.30. The standard InChI is InChI=1S/C45H82N18O11/c1-25(2)35(62-36(66)26-13-7-19-53-26)41(71)56-24-34(65)57-27(11-3-5-17-46)37(67)58-28(12-4-6-18-47)38(68)59-29(14-8-20-54-44(49)50)39(69)60-30(15-9-21-55-45(51)52)42(72)63-22-10-16-32(63)40(70)61-31(43(73)74)23-33(48)64/h25-32,35,53H,3-24,46-47H2,1-2H3,(H2,48,64)(H,56,71)(H,57,65)(H,58,67)(H,59,68)(H,60,69)(H,61,70)(H,62,66)(H,73,74)(H4,49,50,54)(H4,51,52,55). The number of likely N-dealkylation sites (tertiary alicyclic amines) is 1. The van der Waals surface area contributed by atoms with Crippen LogP contribution in [0.15, 0.2) is 9.98 Å². The zero-order chi connectivity index (χ0) is 55.3. The van der Waals surface area contributed by atoms with Gasteiger partial charge in [0.25, 0.3) is 0 Å². The minimum absolute atomic E-state index is 0.0342. The first kappa shape index (κ1) is 63.2. The molecule has 2 aliphatic heterocycles. The van der Waals surface area contributed by atoms with E-state index in [2.05, 4.69) is 52.5 Å². The normalized spacial score (nSPS) is 17.5. The average Bonchev–Trinajstić information content (AvgIpc) is 4.07. The fraction of sp³-hybridized carbons (Fsp3) is 0.733. The number of carboxylic acids is 1. The van der Waals surface area contributed by atoms with E-state index >= 15 is 0 Å². The van der Waals surface area contributed by atoms with Crippen molar-refractivity contribution in [3.05, 3.63) is 0 Å². The number of nitrogens with zero attached hydrogens (tertiary/aromatic N) is 3. The highest BCUT2D eigenvalue weighted by molar-refractivity contribution is 5.98. The summed E-state index contributed by atoms with van der Waals surface area (Å²) in [6, 6.07) is -9.42. The number of carbonyl (C=O) groups excluding carboxylic acids is 9. The molecular formula is C45H82N18O11. The average molecular weight is 1050 g/mol. The monoisotopic (exact) mass is 1050 g/mol. The van der Waals surface area contributed by atoms with Crippen LogP contribution in [0.2, 0.25) is 0 Å². The van der Waals surface area contributed by atoms with Gasteiger partial charge in [0, 0.05) is 19.6 Å². The Morgan fingerprint density at radius 2 is 1.12 bits per heavy atom. The molecule has 29 heteroatoms. The molecular weight excluding hydrogens is 969 g/mol. The highest BCUT2D eigenvalue weighted by Crippen LogP contribution is 2.21. The van der Waals surface area contributed by atoms with Crippen LogP contribution in [0.5, 0.6) is 0 Å². The summed E-state index contributed by atoms with van der Waals surface area (Å²) in [6.07, 6.45) is 3.18. The molecule has 0 aromatic rings. The number of aliphatic imine (C=N–C) groups is 2. The van der Waals surface area contributed by atoms with Gasteiger partial charge in [0.2, 0.25) is 53.2 Å². The van der Waals surface area contributed by atoms with E-state index in [1.54, 1.807) is 13.8 Å². The van der Waals surface area contributed by atoms with Gasteiger partial charge in [0.05, 0.1) is 19.0 Å². The Hall–Kier alpha value is -6.88. The SMILES string of the molecule is CC(C)C(NC(=O)C1CCCN1)C(=O)NCC(=O)NC(CCCCN)C(=O)NC(CCCCN)C(=O)NC(CCCN=C(N)N)C(=O)NC(CCCN=C(N)N)C(=O)N1CCCC1C(=O)NC(CC(N)=O)C(=O)O. The highest BCUT2D eigenvalue weighted by Gasteiger charge is 2.40. The Balaban J connectivity index is 2.39. The fourth-order valence-corrected chi connectivity index (χ4v) is 8.27. The number of rotatable bonds is 35. The lowest BCUT2D eigenvalue weighted by atomic mass is 10.0. The summed E-state index contributed by atoms with van der Waals surface area (Å²) >= 11 is 0. The molecule has 0 saturated carbocycles. The van der Waals surface area contributed by atoms with Crippen molar-refractivity contribution < 1.29 is 53.1 Å². The van der Waals surface area contributed by atoms with Crippen LogP contribution in [0.3, 0.4) is 0 Å². The molecule has 23 N–H and O–H groups in total. The van der Waals surface area contributed by atoms with Crippen LogP contribution in [0, 0.1) is 5.92 Å². The first-order valence-corrected chi connectivity index (χ1v) is 25.2. The lowest BCUT2D eigenvalue weighted by molar-refractivity contribution is -0.146. The maximum atomic E-state index is 14.3. The van der Waals surface area contributed by atoms with Crippen LogP contribution < -0.4 is 82.7 Å². The third-order valence-electron chi connectivity index (χ3n) is 12.2. The Morgan fingerprint density at radius 3 is 1.59 bits per heavy atom. The Morgan fingerprint density at radius 1 is 0.608 bits per heavy atom. The predicted molar refractivity (Wildman–Crippen MR) is 272 cm³/mol. The number of unbranched alkanes of at least 4 members (excludes halogenated alkanes) is 2. The minimum Gasteiger partial charge on any atom is -0.480 e. The molecule has 2 aliphatic rings. The van der Waals surface area contributed by atoms with Gasteiger partial charge in [-0.25, -0.2) is 4.79 Å². The van der Waals surface area contributed by atoms with Gasteiger partial charge in [-0.2, -0.15) is 0 Å². The molecule has 74 heavy (non-hydrogen) atoms. The zero-order valence-corrected chi connectivity index (χ0v) is 42.7. The van der Waals surface area contributed by atoms with Crippen LogP contribution in [0.4, 0.5) is 0 Å². The van der Waals surface area contributed by atoms with Gasteiger partial charge in [-0.05, 0) is 115 Å². The number of amides is 9. The molecule has 2 rings (SSSR count). The van der Waals surface area contributed by atoms with Gasteiger partial charge in [-0.15, -0.1) is 0 Å². The number of carboxylic acid groups (broad SMARTS) is 1. The van der Waals surface area contributed by atoms with E-state index in [0.29, 0.717) is 45.1 Å². The molecule has 29 nitrogen and oxygen atoms in total. The summed E-state index contributed by atoms with van der Waals surface area (Å²) in [5, 5.41) is 30.9. The molecule has 0 aromatic carbocycles. The maximum Gasteiger partial charge on any atom is 0.326 e. The third-order valence-corrected chi connectivity index (χ3v) is 12.2. The first-order chi connectivity index (χ1) is 35.1. The van der Waals surface area contributed by atoms with Crippen molar-refractivity contribution in [2.45, 2.75) is 158 Å². The summed E-state index contributed by atoms with van der Waals surface area (Å²) in [5.74, 6) is -8.90. The van der Waals surface area contributed by atoms with Crippen LogP contribution in [-0.2, 0) is 47.9 Å². The molecule has 0 aliphatic carbocycles. The number of carbonyl (C=O) groups is 10. The van der Waals surface area contributed by atoms with Gasteiger partial charge in [0.15, 0.2) is 11.9 Å². The number of nitrogens with two attached hydrogens (primary N) is 7. The molecule has 8 unspecified atom stereocenters. The second kappa shape index (κ2) is 33.8. The van der Waals surface area contributed by atoms with E-state index in [4.69, 9.17) is 40.1 Å². The van der Waals surface area contributed by atoms with Crippen LogP contribution in [0.1, 0.15) is 110 Å². The van der Waals surface area contributed by atoms with E-state index < -0.39 is 115 Å². The Bertz CT molecular complexity index is 1960. The van der Waals surface area contributed by atoms with Crippen molar-refractivity contribution in [2.75, 3.05) is 45.8 Å². The summed E-state index contributed by atoms with van der Waals surface area (Å²) in [7, 11) is 0. The molecule has 0 radical (unpaired) electrons. The van der Waals surface area contributed by atoms with Crippen LogP contribution in [-0.4, -0.2) is 175 Å².